The molecule has 2 heteroatoms. The zero-order valence-electron chi connectivity index (χ0n) is 5.16. The van der Waals surface area contributed by atoms with Gasteiger partial charge in [-0.1, -0.05) is 0 Å². The van der Waals surface area contributed by atoms with Crippen LogP contribution in [-0.4, -0.2) is 0 Å². The van der Waals surface area contributed by atoms with Crippen molar-refractivity contribution in [3.05, 3.63) is 18.5 Å². The Bertz CT molecular complexity index is 144. The van der Waals surface area contributed by atoms with Crippen molar-refractivity contribution >= 4 is 0 Å². The van der Waals surface area contributed by atoms with Gasteiger partial charge < -0.3 is 0 Å². The molecule has 8 heavy (non-hydrogen) atoms. The minimum atomic E-state index is 0.435. The molecule has 0 saturated heterocycles. The van der Waals surface area contributed by atoms with Crippen LogP contribution in [0.3, 0.4) is 0 Å². The predicted octanol–water partition coefficient (Wildman–Crippen LogP) is 1.15. The van der Waals surface area contributed by atoms with Gasteiger partial charge in [0, 0.05) is 19.9 Å². The van der Waals surface area contributed by atoms with E-state index in [1.807, 2.05) is 12.3 Å². The average Bonchev–Trinajstić information content (AvgIpc) is 2.12. The highest BCUT2D eigenvalue weighted by Gasteiger charge is 2.05. The van der Waals surface area contributed by atoms with Crippen LogP contribution in [0.25, 0.3) is 0 Å². The molecule has 0 aliphatic carbocycles. The molecule has 1 aromatic rings. The quantitative estimate of drug-likeness (QED) is 0.498. The summed E-state index contributed by atoms with van der Waals surface area (Å²) in [5, 5.41) is 0. The molecule has 0 radical (unpaired) electrons. The molecule has 0 unspecified atom stereocenters. The Morgan fingerprint density at radius 3 is 2.50 bits per heavy atom. The van der Waals surface area contributed by atoms with E-state index >= 15 is 0 Å². The molecule has 1 aromatic heterocycles. The molecule has 0 aromatic carbocycles. The van der Waals surface area contributed by atoms with Gasteiger partial charge in [0.15, 0.2) is 12.3 Å². The van der Waals surface area contributed by atoms with E-state index < -0.39 is 0 Å². The molecule has 0 aliphatic heterocycles. The molecule has 2 nitrogen and oxygen atoms in total. The highest BCUT2D eigenvalue weighted by Crippen LogP contribution is 1.88. The smallest absolute Gasteiger partial charge is 0.219 e. The molecule has 0 atom stereocenters. The normalized spacial score (nSPS) is 10.4. The lowest BCUT2D eigenvalue weighted by Crippen LogP contribution is -2.32. The van der Waals surface area contributed by atoms with Crippen LogP contribution in [0.2, 0.25) is 0 Å². The van der Waals surface area contributed by atoms with Gasteiger partial charge in [-0.05, 0) is 4.74 Å². The zero-order chi connectivity index (χ0) is 5.98. The van der Waals surface area contributed by atoms with E-state index in [4.69, 9.17) is 4.52 Å². The third-order valence-electron chi connectivity index (χ3n) is 1.00. The van der Waals surface area contributed by atoms with Crippen molar-refractivity contribution in [3.63, 3.8) is 0 Å². The Hall–Kier alpha value is -0.790. The monoisotopic (exact) mass is 112 g/mol. The number of aromatic nitrogens is 1. The second-order valence-electron chi connectivity index (χ2n) is 2.04. The van der Waals surface area contributed by atoms with Crippen LogP contribution in [0.15, 0.2) is 23.0 Å². The maximum Gasteiger partial charge on any atom is 0.219 e. The first kappa shape index (κ1) is 5.35. The summed E-state index contributed by atoms with van der Waals surface area (Å²) >= 11 is 0. The lowest BCUT2D eigenvalue weighted by atomic mass is 10.4. The minimum absolute atomic E-state index is 0.435. The minimum Gasteiger partial charge on any atom is -0.245 e. The van der Waals surface area contributed by atoms with Gasteiger partial charge in [0.25, 0.3) is 0 Å². The van der Waals surface area contributed by atoms with Crippen molar-refractivity contribution in [1.29, 1.82) is 0 Å². The fourth-order valence-electron chi connectivity index (χ4n) is 0.554. The summed E-state index contributed by atoms with van der Waals surface area (Å²) in [7, 11) is 0. The Kier molecular flexibility index (Phi) is 1.33. The summed E-state index contributed by atoms with van der Waals surface area (Å²) in [5.41, 5.74) is 0. The van der Waals surface area contributed by atoms with Gasteiger partial charge in [0.2, 0.25) is 6.20 Å². The van der Waals surface area contributed by atoms with E-state index in [0.29, 0.717) is 6.04 Å². The summed E-state index contributed by atoms with van der Waals surface area (Å²) in [6.45, 7) is 4.15. The van der Waals surface area contributed by atoms with Crippen molar-refractivity contribution < 1.29 is 9.26 Å². The largest absolute Gasteiger partial charge is 0.245 e. The summed E-state index contributed by atoms with van der Waals surface area (Å²) in [6.07, 6.45) is 3.57. The maximum atomic E-state index is 5.01. The molecule has 0 fully saturated rings. The van der Waals surface area contributed by atoms with Crippen molar-refractivity contribution in [2.75, 3.05) is 0 Å². The second kappa shape index (κ2) is 1.99. The molecule has 1 rings (SSSR count). The van der Waals surface area contributed by atoms with Crippen molar-refractivity contribution in [2.45, 2.75) is 19.9 Å². The fraction of sp³-hybridized carbons (Fsp3) is 0.500. The molecular weight excluding hydrogens is 102 g/mol. The Labute approximate surface area is 48.7 Å². The highest BCUT2D eigenvalue weighted by molar-refractivity contribution is 4.63. The number of nitrogens with zero attached hydrogens (tertiary/aromatic N) is 1. The van der Waals surface area contributed by atoms with Crippen molar-refractivity contribution in [3.8, 4) is 0 Å². The van der Waals surface area contributed by atoms with E-state index in [0.717, 1.165) is 0 Å². The van der Waals surface area contributed by atoms with Crippen LogP contribution in [0.5, 0.6) is 0 Å². The zero-order valence-corrected chi connectivity index (χ0v) is 5.16. The van der Waals surface area contributed by atoms with Crippen LogP contribution in [-0.2, 0) is 0 Å². The summed E-state index contributed by atoms with van der Waals surface area (Å²) in [5.74, 6) is 0. The van der Waals surface area contributed by atoms with Gasteiger partial charge in [0.05, 0.1) is 0 Å². The summed E-state index contributed by atoms with van der Waals surface area (Å²) < 4.78 is 6.80. The van der Waals surface area contributed by atoms with Gasteiger partial charge in [-0.2, -0.15) is 0 Å². The lowest BCUT2D eigenvalue weighted by molar-refractivity contribution is -0.878. The molecule has 1 heterocycles. The molecule has 0 amide bonds. The highest BCUT2D eigenvalue weighted by atomic mass is 16.5. The van der Waals surface area contributed by atoms with E-state index in [9.17, 15) is 0 Å². The Morgan fingerprint density at radius 1 is 1.50 bits per heavy atom. The van der Waals surface area contributed by atoms with Crippen LogP contribution in [0, 0.1) is 0 Å². The first-order valence-electron chi connectivity index (χ1n) is 2.76. The molecule has 0 bridgehead atoms. The van der Waals surface area contributed by atoms with E-state index in [1.54, 1.807) is 11.0 Å². The van der Waals surface area contributed by atoms with Gasteiger partial charge >= 0.3 is 0 Å². The molecular formula is C6H10NO+. The first-order chi connectivity index (χ1) is 3.80. The summed E-state index contributed by atoms with van der Waals surface area (Å²) in [6, 6.07) is 2.31. The van der Waals surface area contributed by atoms with E-state index in [2.05, 4.69) is 13.8 Å². The molecule has 0 N–H and O–H groups in total. The SMILES string of the molecule is CC(C)[n+]1ccco1. The van der Waals surface area contributed by atoms with Gasteiger partial charge in [-0.25, -0.2) is 4.52 Å². The van der Waals surface area contributed by atoms with Gasteiger partial charge in [0.1, 0.15) is 0 Å². The fourth-order valence-corrected chi connectivity index (χ4v) is 0.554. The Balaban J connectivity index is 2.77. The van der Waals surface area contributed by atoms with Crippen LogP contribution in [0.4, 0.5) is 0 Å². The van der Waals surface area contributed by atoms with Gasteiger partial charge in [-0.3, -0.25) is 0 Å². The molecule has 44 valence electrons. The number of rotatable bonds is 1. The summed E-state index contributed by atoms with van der Waals surface area (Å²) in [4.78, 5) is 0. The second-order valence-corrected chi connectivity index (χ2v) is 2.04. The lowest BCUT2D eigenvalue weighted by Gasteiger charge is -1.87. The molecule has 0 aliphatic rings. The van der Waals surface area contributed by atoms with Crippen LogP contribution < -0.4 is 4.74 Å². The Morgan fingerprint density at radius 2 is 2.25 bits per heavy atom. The third kappa shape index (κ3) is 0.886. The third-order valence-corrected chi connectivity index (χ3v) is 1.00. The van der Waals surface area contributed by atoms with Crippen molar-refractivity contribution in [1.82, 2.24) is 0 Å². The molecule has 0 spiro atoms. The van der Waals surface area contributed by atoms with Gasteiger partial charge in [-0.15, -0.1) is 0 Å². The molecule has 0 saturated carbocycles. The van der Waals surface area contributed by atoms with Crippen molar-refractivity contribution in [2.24, 2.45) is 0 Å². The topological polar surface area (TPSA) is 17.0 Å². The van der Waals surface area contributed by atoms with E-state index in [-0.39, 0.29) is 0 Å². The average molecular weight is 112 g/mol. The first-order valence-corrected chi connectivity index (χ1v) is 2.76. The number of hydrogen-bond donors (Lipinski definition) is 0. The maximum absolute atomic E-state index is 5.01. The standard InChI is InChI=1S/C6H10NO/c1-6(2)7-4-3-5-8-7/h3-6H,1-2H3/q+1. The predicted molar refractivity (Wildman–Crippen MR) is 29.3 cm³/mol. The number of hydrogen-bond acceptors (Lipinski definition) is 1. The van der Waals surface area contributed by atoms with Crippen LogP contribution >= 0.6 is 0 Å². The van der Waals surface area contributed by atoms with Crippen LogP contribution in [0.1, 0.15) is 19.9 Å². The van der Waals surface area contributed by atoms with E-state index in [1.165, 1.54) is 0 Å².